The number of carbonyl (C=O) groups excluding carboxylic acids is 3. The molecule has 8 heteroatoms. The molecule has 2 unspecified atom stereocenters. The van der Waals surface area contributed by atoms with Gasteiger partial charge >= 0.3 is 0 Å². The summed E-state index contributed by atoms with van der Waals surface area (Å²) in [7, 11) is 0. The molecule has 160 valence electrons. The van der Waals surface area contributed by atoms with Crippen LogP contribution in [0.4, 0.5) is 0 Å². The molecule has 2 heterocycles. The van der Waals surface area contributed by atoms with Gasteiger partial charge in [0.2, 0.25) is 11.8 Å². The number of aromatic amines is 1. The second-order valence-electron chi connectivity index (χ2n) is 7.16. The summed E-state index contributed by atoms with van der Waals surface area (Å²) < 4.78 is 0. The second kappa shape index (κ2) is 11.4. The van der Waals surface area contributed by atoms with Crippen LogP contribution in [0.5, 0.6) is 0 Å². The minimum Gasteiger partial charge on any atom is -0.348 e. The van der Waals surface area contributed by atoms with Gasteiger partial charge in [0, 0.05) is 43.0 Å². The van der Waals surface area contributed by atoms with Crippen LogP contribution in [0.3, 0.4) is 0 Å². The molecule has 0 aliphatic rings. The van der Waals surface area contributed by atoms with E-state index in [0.717, 1.165) is 17.0 Å². The van der Waals surface area contributed by atoms with Crippen LogP contribution < -0.4 is 10.6 Å². The van der Waals surface area contributed by atoms with Gasteiger partial charge in [-0.1, -0.05) is 36.4 Å². The molecule has 0 saturated carbocycles. The number of aryl methyl sites for hydroxylation is 1. The number of carbonyl (C=O) groups is 3. The second-order valence-corrected chi connectivity index (χ2v) is 7.16. The molecule has 0 aliphatic carbocycles. The van der Waals surface area contributed by atoms with E-state index in [1.807, 2.05) is 48.5 Å². The van der Waals surface area contributed by atoms with Crippen molar-refractivity contribution in [3.63, 3.8) is 0 Å². The maximum atomic E-state index is 12.9. The van der Waals surface area contributed by atoms with E-state index in [-0.39, 0.29) is 12.3 Å². The number of aldehydes is 1. The van der Waals surface area contributed by atoms with Crippen molar-refractivity contribution >= 4 is 18.1 Å². The lowest BCUT2D eigenvalue weighted by Crippen LogP contribution is -2.51. The molecule has 3 rings (SSSR count). The molecule has 3 aromatic rings. The summed E-state index contributed by atoms with van der Waals surface area (Å²) in [6.45, 7) is 0. The van der Waals surface area contributed by atoms with Crippen molar-refractivity contribution < 1.29 is 14.4 Å². The van der Waals surface area contributed by atoms with Gasteiger partial charge < -0.3 is 20.4 Å². The Bertz CT molecular complexity index is 961. The molecule has 0 saturated heterocycles. The Morgan fingerprint density at radius 2 is 1.84 bits per heavy atom. The van der Waals surface area contributed by atoms with Crippen LogP contribution in [0.1, 0.15) is 23.4 Å². The van der Waals surface area contributed by atoms with Crippen molar-refractivity contribution in [3.05, 3.63) is 84.2 Å². The molecule has 0 radical (unpaired) electrons. The van der Waals surface area contributed by atoms with Crippen LogP contribution in [0, 0.1) is 0 Å². The fourth-order valence-electron chi connectivity index (χ4n) is 3.16. The average molecular weight is 419 g/mol. The lowest BCUT2D eigenvalue weighted by Gasteiger charge is -2.21. The van der Waals surface area contributed by atoms with Crippen molar-refractivity contribution in [2.75, 3.05) is 0 Å². The zero-order chi connectivity index (χ0) is 21.9. The third-order valence-corrected chi connectivity index (χ3v) is 4.76. The van der Waals surface area contributed by atoms with E-state index >= 15 is 0 Å². The van der Waals surface area contributed by atoms with Gasteiger partial charge in [-0.3, -0.25) is 14.6 Å². The standard InChI is InChI=1S/C23H25N5O3/c29-15-20(13-19-14-24-16-26-19)27-23(31)21(12-17-6-2-1-3-7-17)28-22(30)10-9-18-8-4-5-11-25-18/h1-8,11,14-16,20-21H,9-10,12-13H2,(H,24,26)(H,27,31)(H,28,30). The summed E-state index contributed by atoms with van der Waals surface area (Å²) in [4.78, 5) is 48.0. The van der Waals surface area contributed by atoms with Crippen LogP contribution in [0.25, 0.3) is 0 Å². The fourth-order valence-corrected chi connectivity index (χ4v) is 3.16. The Morgan fingerprint density at radius 3 is 2.52 bits per heavy atom. The number of amides is 2. The van der Waals surface area contributed by atoms with Gasteiger partial charge in [-0.05, 0) is 24.1 Å². The molecular weight excluding hydrogens is 394 g/mol. The number of aromatic nitrogens is 3. The van der Waals surface area contributed by atoms with E-state index in [9.17, 15) is 14.4 Å². The van der Waals surface area contributed by atoms with Gasteiger partial charge in [-0.2, -0.15) is 0 Å². The summed E-state index contributed by atoms with van der Waals surface area (Å²) in [5.74, 6) is -0.662. The Morgan fingerprint density at radius 1 is 1.03 bits per heavy atom. The highest BCUT2D eigenvalue weighted by molar-refractivity contribution is 5.89. The minimum absolute atomic E-state index is 0.209. The molecule has 0 fully saturated rings. The van der Waals surface area contributed by atoms with Crippen molar-refractivity contribution in [3.8, 4) is 0 Å². The lowest BCUT2D eigenvalue weighted by molar-refractivity contribution is -0.130. The monoisotopic (exact) mass is 419 g/mol. The highest BCUT2D eigenvalue weighted by Crippen LogP contribution is 2.06. The number of hydrogen-bond donors (Lipinski definition) is 3. The van der Waals surface area contributed by atoms with Gasteiger partial charge in [0.25, 0.3) is 0 Å². The maximum absolute atomic E-state index is 12.9. The van der Waals surface area contributed by atoms with Gasteiger partial charge in [0.15, 0.2) is 0 Å². The van der Waals surface area contributed by atoms with Crippen molar-refractivity contribution in [2.45, 2.75) is 37.8 Å². The van der Waals surface area contributed by atoms with Crippen LogP contribution in [0.2, 0.25) is 0 Å². The van der Waals surface area contributed by atoms with E-state index in [0.29, 0.717) is 25.5 Å². The zero-order valence-electron chi connectivity index (χ0n) is 17.0. The van der Waals surface area contributed by atoms with Gasteiger partial charge in [0.1, 0.15) is 12.3 Å². The topological polar surface area (TPSA) is 117 Å². The van der Waals surface area contributed by atoms with Crippen molar-refractivity contribution in [1.82, 2.24) is 25.6 Å². The molecular formula is C23H25N5O3. The molecule has 0 aliphatic heterocycles. The first-order chi connectivity index (χ1) is 15.1. The molecule has 1 aromatic carbocycles. The van der Waals surface area contributed by atoms with E-state index in [1.54, 1.807) is 12.4 Å². The highest BCUT2D eigenvalue weighted by atomic mass is 16.2. The van der Waals surface area contributed by atoms with Crippen LogP contribution in [-0.4, -0.2) is 45.1 Å². The molecule has 0 spiro atoms. The quantitative estimate of drug-likeness (QED) is 0.406. The van der Waals surface area contributed by atoms with Gasteiger partial charge in [0.05, 0.1) is 12.4 Å². The average Bonchev–Trinajstić information content (AvgIpc) is 3.31. The van der Waals surface area contributed by atoms with E-state index in [4.69, 9.17) is 0 Å². The number of rotatable bonds is 11. The van der Waals surface area contributed by atoms with Crippen molar-refractivity contribution in [2.24, 2.45) is 0 Å². The summed E-state index contributed by atoms with van der Waals surface area (Å²) in [6.07, 6.45) is 6.77. The number of imidazole rings is 1. The number of benzene rings is 1. The first kappa shape index (κ1) is 21.9. The molecule has 0 bridgehead atoms. The number of hydrogen-bond acceptors (Lipinski definition) is 5. The smallest absolute Gasteiger partial charge is 0.243 e. The van der Waals surface area contributed by atoms with Gasteiger partial charge in [-0.25, -0.2) is 4.98 Å². The van der Waals surface area contributed by atoms with Crippen LogP contribution in [0.15, 0.2) is 67.3 Å². The van der Waals surface area contributed by atoms with Crippen LogP contribution >= 0.6 is 0 Å². The first-order valence-electron chi connectivity index (χ1n) is 10.1. The lowest BCUT2D eigenvalue weighted by atomic mass is 10.0. The molecule has 8 nitrogen and oxygen atoms in total. The summed E-state index contributed by atoms with van der Waals surface area (Å²) in [5.41, 5.74) is 2.45. The van der Waals surface area contributed by atoms with E-state index in [2.05, 4.69) is 25.6 Å². The zero-order valence-corrected chi connectivity index (χ0v) is 17.0. The number of pyridine rings is 1. The largest absolute Gasteiger partial charge is 0.348 e. The number of nitrogens with zero attached hydrogens (tertiary/aromatic N) is 2. The maximum Gasteiger partial charge on any atom is 0.243 e. The molecule has 3 N–H and O–H groups in total. The number of H-pyrrole nitrogens is 1. The number of nitrogens with one attached hydrogen (secondary N) is 3. The molecule has 2 aromatic heterocycles. The predicted octanol–water partition coefficient (Wildman–Crippen LogP) is 1.39. The van der Waals surface area contributed by atoms with E-state index in [1.165, 1.54) is 6.33 Å². The Labute approximate surface area is 180 Å². The predicted molar refractivity (Wildman–Crippen MR) is 115 cm³/mol. The normalized spacial score (nSPS) is 12.5. The third-order valence-electron chi connectivity index (χ3n) is 4.76. The Hall–Kier alpha value is -3.81. The van der Waals surface area contributed by atoms with Gasteiger partial charge in [-0.15, -0.1) is 0 Å². The summed E-state index contributed by atoms with van der Waals surface area (Å²) in [6, 6.07) is 13.4. The first-order valence-corrected chi connectivity index (χ1v) is 10.1. The highest BCUT2D eigenvalue weighted by Gasteiger charge is 2.24. The fraction of sp³-hybridized carbons (Fsp3) is 0.261. The molecule has 2 amide bonds. The Balaban J connectivity index is 1.63. The third kappa shape index (κ3) is 7.18. The SMILES string of the molecule is O=CC(Cc1cnc[nH]1)NC(=O)C(Cc1ccccc1)NC(=O)CCc1ccccn1. The Kier molecular flexibility index (Phi) is 8.05. The molecule has 2 atom stereocenters. The minimum atomic E-state index is -0.803. The van der Waals surface area contributed by atoms with Crippen LogP contribution in [-0.2, 0) is 33.6 Å². The summed E-state index contributed by atoms with van der Waals surface area (Å²) >= 11 is 0. The molecule has 31 heavy (non-hydrogen) atoms. The summed E-state index contributed by atoms with van der Waals surface area (Å²) in [5, 5.41) is 5.53. The van der Waals surface area contributed by atoms with Crippen molar-refractivity contribution in [1.29, 1.82) is 0 Å². The van der Waals surface area contributed by atoms with E-state index < -0.39 is 18.0 Å².